The van der Waals surface area contributed by atoms with Gasteiger partial charge in [-0.3, -0.25) is 4.79 Å². The van der Waals surface area contributed by atoms with E-state index in [0.717, 1.165) is 6.07 Å². The molecule has 1 aromatic carbocycles. The summed E-state index contributed by atoms with van der Waals surface area (Å²) in [5, 5.41) is 0. The largest absolute Gasteiger partial charge is 0.461 e. The van der Waals surface area contributed by atoms with Crippen molar-refractivity contribution in [2.75, 3.05) is 4.72 Å². The van der Waals surface area contributed by atoms with Crippen molar-refractivity contribution in [2.45, 2.75) is 5.51 Å². The van der Waals surface area contributed by atoms with Crippen molar-refractivity contribution in [3.05, 3.63) is 41.0 Å². The minimum Gasteiger partial charge on any atom is -0.320 e. The monoisotopic (exact) mass is 424 g/mol. The lowest BCUT2D eigenvalue weighted by Gasteiger charge is -2.12. The Balaban J connectivity index is 1.92. The van der Waals surface area contributed by atoms with Crippen LogP contribution in [-0.4, -0.2) is 27.5 Å². The lowest BCUT2D eigenvalue weighted by Crippen LogP contribution is -2.31. The van der Waals surface area contributed by atoms with E-state index in [-0.39, 0.29) is 11.5 Å². The number of nitrogens with one attached hydrogen (secondary N) is 1. The van der Waals surface area contributed by atoms with E-state index in [0.29, 0.717) is 16.3 Å². The summed E-state index contributed by atoms with van der Waals surface area (Å²) in [5.41, 5.74) is -6.21. The van der Waals surface area contributed by atoms with Crippen molar-refractivity contribution in [1.29, 1.82) is 0 Å². The lowest BCUT2D eigenvalue weighted by molar-refractivity contribution is -0.0323. The van der Waals surface area contributed by atoms with Crippen molar-refractivity contribution in [3.63, 3.8) is 0 Å². The van der Waals surface area contributed by atoms with Crippen LogP contribution < -0.4 is 9.39 Å². The van der Waals surface area contributed by atoms with Gasteiger partial charge in [0.1, 0.15) is 17.0 Å². The van der Waals surface area contributed by atoms with E-state index in [1.165, 1.54) is 6.08 Å². The van der Waals surface area contributed by atoms with Gasteiger partial charge in [-0.15, -0.1) is 0 Å². The highest BCUT2D eigenvalue weighted by atomic mass is 79.9. The van der Waals surface area contributed by atoms with Gasteiger partial charge in [0.2, 0.25) is 11.5 Å². The van der Waals surface area contributed by atoms with Gasteiger partial charge in [-0.2, -0.15) is 17.8 Å². The molecule has 0 radical (unpaired) electrons. The lowest BCUT2D eigenvalue weighted by atomic mass is 9.95. The molecule has 2 heterocycles. The van der Waals surface area contributed by atoms with Crippen LogP contribution in [0.5, 0.6) is 0 Å². The molecule has 0 bridgehead atoms. The zero-order valence-corrected chi connectivity index (χ0v) is 13.6. The van der Waals surface area contributed by atoms with Crippen LogP contribution in [0.4, 0.5) is 27.6 Å². The van der Waals surface area contributed by atoms with Crippen LogP contribution >= 0.6 is 27.9 Å². The fourth-order valence-electron chi connectivity index (χ4n) is 1.99. The molecule has 2 aliphatic rings. The van der Waals surface area contributed by atoms with E-state index in [2.05, 4.69) is 25.6 Å². The van der Waals surface area contributed by atoms with Crippen LogP contribution in [0.3, 0.4) is 0 Å². The van der Waals surface area contributed by atoms with Crippen LogP contribution in [0, 0.1) is 11.6 Å². The maximum absolute atomic E-state index is 14.3. The van der Waals surface area contributed by atoms with Crippen molar-refractivity contribution in [1.82, 2.24) is 4.67 Å². The molecule has 0 amide bonds. The molecule has 1 aromatic rings. The highest BCUT2D eigenvalue weighted by Gasteiger charge is 2.46. The predicted octanol–water partition coefficient (Wildman–Crippen LogP) is 3.38. The molecule has 0 saturated carbocycles. The number of alkyl halides is 3. The Hall–Kier alpha value is -1.97. The highest BCUT2D eigenvalue weighted by molar-refractivity contribution is 9.18. The minimum absolute atomic E-state index is 0.207. The maximum Gasteiger partial charge on any atom is 0.461 e. The average Bonchev–Trinajstić information content (AvgIpc) is 2.73. The molecular weight excluding hydrogens is 421 g/mol. The number of amidine groups is 1. The van der Waals surface area contributed by atoms with Crippen molar-refractivity contribution in [2.24, 2.45) is 4.99 Å². The molecule has 1 N–H and O–H groups in total. The van der Waals surface area contributed by atoms with E-state index in [1.807, 2.05) is 0 Å². The second-order valence-corrected chi connectivity index (χ2v) is 6.22. The number of fused-ring (bicyclic) bond motifs is 1. The predicted molar refractivity (Wildman–Crippen MR) is 84.6 cm³/mol. The normalized spacial score (nSPS) is 15.8. The summed E-state index contributed by atoms with van der Waals surface area (Å²) in [7, 11) is 0. The highest BCUT2D eigenvalue weighted by Crippen LogP contribution is 2.33. The smallest absolute Gasteiger partial charge is 0.320 e. The topological polar surface area (TPSA) is 55.6 Å². The molecule has 2 aliphatic heterocycles. The number of rotatable bonds is 4. The average molecular weight is 425 g/mol. The fraction of sp³-hybridized carbons (Fsp3) is 0.0769. The number of carbonyl (C=O) groups excluding carboxylic acids is 1. The number of hydrogen-bond donors (Lipinski definition) is 1. The molecule has 24 heavy (non-hydrogen) atoms. The summed E-state index contributed by atoms with van der Waals surface area (Å²) < 4.78 is 70.7. The van der Waals surface area contributed by atoms with Gasteiger partial charge in [-0.25, -0.2) is 8.78 Å². The summed E-state index contributed by atoms with van der Waals surface area (Å²) in [6.07, 6.45) is 1.45. The summed E-state index contributed by atoms with van der Waals surface area (Å²) in [5.74, 6) is -3.45. The summed E-state index contributed by atoms with van der Waals surface area (Å²) in [6, 6.07) is 1.48. The number of ketones is 1. The maximum atomic E-state index is 14.3. The Morgan fingerprint density at radius 3 is 2.62 bits per heavy atom. The first-order chi connectivity index (χ1) is 11.2. The SMILES string of the molecule is O=C(C1=NC2=[N+]=C(Br)C=C12)c1c(F)ccc(NSC(F)(F)F)c1F. The number of aliphatic imine (C=N–C) groups is 1. The molecule has 0 fully saturated rings. The molecule has 11 heteroatoms. The van der Waals surface area contributed by atoms with Gasteiger partial charge in [0.05, 0.1) is 17.6 Å². The Morgan fingerprint density at radius 1 is 1.29 bits per heavy atom. The zero-order chi connectivity index (χ0) is 17.6. The van der Waals surface area contributed by atoms with Crippen LogP contribution in [-0.2, 0) is 0 Å². The molecule has 0 aliphatic carbocycles. The van der Waals surface area contributed by atoms with E-state index in [9.17, 15) is 26.7 Å². The molecule has 0 spiro atoms. The third-order valence-corrected chi connectivity index (χ3v) is 3.96. The van der Waals surface area contributed by atoms with Crippen molar-refractivity contribution in [3.8, 4) is 0 Å². The first kappa shape index (κ1) is 16.9. The van der Waals surface area contributed by atoms with Crippen LogP contribution in [0.25, 0.3) is 0 Å². The second-order valence-electron chi connectivity index (χ2n) is 4.54. The number of Topliss-reactive ketones (excluding diaryl/α,β-unsaturated/α-hetero) is 1. The number of halogens is 6. The quantitative estimate of drug-likeness (QED) is 0.349. The van der Waals surface area contributed by atoms with Gasteiger partial charge < -0.3 is 4.72 Å². The molecule has 4 nitrogen and oxygen atoms in total. The van der Waals surface area contributed by atoms with Crippen LogP contribution in [0.15, 0.2) is 28.8 Å². The number of benzene rings is 1. The van der Waals surface area contributed by atoms with E-state index >= 15 is 0 Å². The van der Waals surface area contributed by atoms with Crippen molar-refractivity contribution >= 4 is 55.5 Å². The molecule has 0 saturated heterocycles. The van der Waals surface area contributed by atoms with Gasteiger partial charge in [0.15, 0.2) is 5.82 Å². The number of nitrogens with zero attached hydrogens (tertiary/aromatic N) is 2. The first-order valence-corrected chi connectivity index (χ1v) is 7.74. The molecule has 3 rings (SSSR count). The Labute approximate surface area is 143 Å². The summed E-state index contributed by atoms with van der Waals surface area (Å²) in [6.45, 7) is 0. The standard InChI is InChI=1S/C13H4BrF5N3OS/c14-7-3-4-10(21-12(4)20-7)11(23)8-5(15)1-2-6(9(8)16)22-24-13(17,18)19/h1-3,22H/q+1. The molecular formula is C13H4BrF5N3OS+. The zero-order valence-electron chi connectivity index (χ0n) is 11.2. The Kier molecular flexibility index (Phi) is 4.10. The van der Waals surface area contributed by atoms with Gasteiger partial charge >= 0.3 is 11.3 Å². The number of carbonyl (C=O) groups is 1. The van der Waals surface area contributed by atoms with Crippen molar-refractivity contribution < 1.29 is 26.7 Å². The summed E-state index contributed by atoms with van der Waals surface area (Å²) in [4.78, 5) is 16.0. The van der Waals surface area contributed by atoms with Gasteiger partial charge in [0, 0.05) is 22.0 Å². The minimum atomic E-state index is -4.68. The first-order valence-electron chi connectivity index (χ1n) is 6.13. The molecule has 124 valence electrons. The van der Waals surface area contributed by atoms with E-state index in [1.54, 1.807) is 4.72 Å². The van der Waals surface area contributed by atoms with Gasteiger partial charge in [-0.05, 0) is 17.1 Å². The molecule has 0 atom stereocenters. The Morgan fingerprint density at radius 2 is 2.00 bits per heavy atom. The van der Waals surface area contributed by atoms with Crippen LogP contribution in [0.2, 0.25) is 0 Å². The third-order valence-electron chi connectivity index (χ3n) is 3.00. The number of hydrogen-bond acceptors (Lipinski definition) is 4. The fourth-order valence-corrected chi connectivity index (χ4v) is 2.77. The molecule has 0 aromatic heterocycles. The van der Waals surface area contributed by atoms with Gasteiger partial charge in [-0.1, -0.05) is 0 Å². The van der Waals surface area contributed by atoms with Gasteiger partial charge in [0.25, 0.3) is 4.62 Å². The third kappa shape index (κ3) is 3.02. The second kappa shape index (κ2) is 5.83. The van der Waals surface area contributed by atoms with E-state index < -0.39 is 46.1 Å². The van der Waals surface area contributed by atoms with Crippen LogP contribution in [0.1, 0.15) is 10.4 Å². The van der Waals surface area contributed by atoms with E-state index in [4.69, 9.17) is 0 Å². The Bertz CT molecular complexity index is 900. The number of allylic oxidation sites excluding steroid dienone is 1. The molecule has 0 unspecified atom stereocenters. The number of anilines is 1. The summed E-state index contributed by atoms with van der Waals surface area (Å²) >= 11 is 2.35.